The molecule has 0 aliphatic carbocycles. The lowest BCUT2D eigenvalue weighted by atomic mass is 10.2. The van der Waals surface area contributed by atoms with Crippen LogP contribution in [0, 0.1) is 19.7 Å². The minimum Gasteiger partial charge on any atom is -0.361 e. The van der Waals surface area contributed by atoms with Crippen LogP contribution >= 0.6 is 11.6 Å². The van der Waals surface area contributed by atoms with E-state index < -0.39 is 5.82 Å². The highest BCUT2D eigenvalue weighted by atomic mass is 35.5. The topological polar surface area (TPSA) is 58.4 Å². The Balaban J connectivity index is 1.58. The van der Waals surface area contributed by atoms with E-state index in [1.54, 1.807) is 0 Å². The number of aromatic nitrogens is 1. The maximum absolute atomic E-state index is 13.2. The van der Waals surface area contributed by atoms with Gasteiger partial charge in [-0.2, -0.15) is 0 Å². The second-order valence-corrected chi connectivity index (χ2v) is 6.53. The molecule has 2 heterocycles. The fraction of sp³-hybridized carbons (Fsp3) is 0.412. The summed E-state index contributed by atoms with van der Waals surface area (Å²) in [5.41, 5.74) is 2.37. The number of aryl methyl sites for hydroxylation is 2. The van der Waals surface area contributed by atoms with Gasteiger partial charge >= 0.3 is 0 Å². The zero-order chi connectivity index (χ0) is 17.3. The Kier molecular flexibility index (Phi) is 4.87. The highest BCUT2D eigenvalue weighted by Gasteiger charge is 2.26. The first-order chi connectivity index (χ1) is 11.4. The summed E-state index contributed by atoms with van der Waals surface area (Å²) in [6, 6.07) is 4.05. The zero-order valence-electron chi connectivity index (χ0n) is 13.6. The monoisotopic (exact) mass is 351 g/mol. The quantitative estimate of drug-likeness (QED) is 0.919. The number of rotatable bonds is 4. The second-order valence-electron chi connectivity index (χ2n) is 6.13. The van der Waals surface area contributed by atoms with Crippen molar-refractivity contribution in [1.29, 1.82) is 0 Å². The second kappa shape index (κ2) is 6.91. The Bertz CT molecular complexity index is 743. The number of carbonyl (C=O) groups excluding carboxylic acids is 1. The molecule has 128 valence electrons. The predicted octanol–water partition coefficient (Wildman–Crippen LogP) is 3.09. The van der Waals surface area contributed by atoms with Crippen LogP contribution in [0.4, 0.5) is 4.39 Å². The first kappa shape index (κ1) is 16.9. The Labute approximate surface area is 144 Å². The van der Waals surface area contributed by atoms with Gasteiger partial charge in [-0.3, -0.25) is 9.69 Å². The van der Waals surface area contributed by atoms with Gasteiger partial charge in [-0.05, 0) is 38.5 Å². The summed E-state index contributed by atoms with van der Waals surface area (Å²) in [4.78, 5) is 14.5. The number of hydrogen-bond donors (Lipinski definition) is 1. The summed E-state index contributed by atoms with van der Waals surface area (Å²) in [6.07, 6.45) is 0.865. The number of nitrogens with one attached hydrogen (secondary N) is 1. The average Bonchev–Trinajstić information content (AvgIpc) is 3.11. The van der Waals surface area contributed by atoms with Crippen LogP contribution in [0.15, 0.2) is 22.7 Å². The van der Waals surface area contributed by atoms with Crippen LogP contribution in [0.25, 0.3) is 0 Å². The van der Waals surface area contributed by atoms with E-state index >= 15 is 0 Å². The number of benzene rings is 1. The van der Waals surface area contributed by atoms with Gasteiger partial charge in [0.1, 0.15) is 11.6 Å². The smallest absolute Gasteiger partial charge is 0.251 e. The number of hydrogen-bond acceptors (Lipinski definition) is 4. The van der Waals surface area contributed by atoms with Crippen LogP contribution in [0.2, 0.25) is 5.02 Å². The van der Waals surface area contributed by atoms with E-state index in [9.17, 15) is 9.18 Å². The fourth-order valence-electron chi connectivity index (χ4n) is 2.95. The van der Waals surface area contributed by atoms with Crippen LogP contribution < -0.4 is 5.32 Å². The minimum atomic E-state index is -0.528. The van der Waals surface area contributed by atoms with Crippen molar-refractivity contribution in [3.63, 3.8) is 0 Å². The van der Waals surface area contributed by atoms with Crippen LogP contribution in [0.1, 0.15) is 33.8 Å². The van der Waals surface area contributed by atoms with Gasteiger partial charge < -0.3 is 9.84 Å². The predicted molar refractivity (Wildman–Crippen MR) is 88.5 cm³/mol. The van der Waals surface area contributed by atoms with E-state index in [2.05, 4.69) is 15.4 Å². The van der Waals surface area contributed by atoms with Gasteiger partial charge in [-0.1, -0.05) is 16.8 Å². The van der Waals surface area contributed by atoms with Gasteiger partial charge in [-0.15, -0.1) is 0 Å². The third kappa shape index (κ3) is 3.60. The van der Waals surface area contributed by atoms with Crippen molar-refractivity contribution in [1.82, 2.24) is 15.4 Å². The van der Waals surface area contributed by atoms with Gasteiger partial charge in [0.15, 0.2) is 0 Å². The zero-order valence-corrected chi connectivity index (χ0v) is 14.4. The molecule has 0 saturated carbocycles. The number of carbonyl (C=O) groups is 1. The molecule has 1 aromatic heterocycles. The average molecular weight is 352 g/mol. The molecule has 7 heteroatoms. The first-order valence-corrected chi connectivity index (χ1v) is 8.22. The maximum atomic E-state index is 13.2. The van der Waals surface area contributed by atoms with Crippen molar-refractivity contribution >= 4 is 17.5 Å². The summed E-state index contributed by atoms with van der Waals surface area (Å²) in [5.74, 6) is 0.0711. The van der Waals surface area contributed by atoms with Gasteiger partial charge in [0.25, 0.3) is 5.91 Å². The van der Waals surface area contributed by atoms with Crippen LogP contribution in [-0.2, 0) is 6.54 Å². The Hall–Kier alpha value is -1.92. The molecule has 0 bridgehead atoms. The maximum Gasteiger partial charge on any atom is 0.251 e. The molecule has 3 rings (SSSR count). The standard InChI is InChI=1S/C17H19ClFN3O2/c1-10-14(11(2)24-21-10)9-22-6-5-13(8-22)20-17(23)12-3-4-16(19)15(18)7-12/h3-4,7,13H,5-6,8-9H2,1-2H3,(H,20,23)/t13-/m1/s1. The number of nitrogens with zero attached hydrogens (tertiary/aromatic N) is 2. The van der Waals surface area contributed by atoms with E-state index in [1.165, 1.54) is 18.2 Å². The molecular weight excluding hydrogens is 333 g/mol. The van der Waals surface area contributed by atoms with E-state index in [4.69, 9.17) is 16.1 Å². The lowest BCUT2D eigenvalue weighted by Crippen LogP contribution is -2.37. The number of amides is 1. The molecule has 1 N–H and O–H groups in total. The van der Waals surface area contributed by atoms with Crippen molar-refractivity contribution in [3.8, 4) is 0 Å². The fourth-order valence-corrected chi connectivity index (χ4v) is 3.13. The summed E-state index contributed by atoms with van der Waals surface area (Å²) in [5, 5.41) is 6.90. The minimum absolute atomic E-state index is 0.0471. The molecule has 1 amide bonds. The summed E-state index contributed by atoms with van der Waals surface area (Å²) in [6.45, 7) is 6.24. The van der Waals surface area contributed by atoms with Crippen molar-refractivity contribution in [2.45, 2.75) is 32.9 Å². The number of halogens is 2. The van der Waals surface area contributed by atoms with Crippen molar-refractivity contribution < 1.29 is 13.7 Å². The highest BCUT2D eigenvalue weighted by Crippen LogP contribution is 2.20. The molecular formula is C17H19ClFN3O2. The summed E-state index contributed by atoms with van der Waals surface area (Å²) < 4.78 is 18.4. The van der Waals surface area contributed by atoms with Gasteiger partial charge in [0.2, 0.25) is 0 Å². The SMILES string of the molecule is Cc1noc(C)c1CN1CC[C@@H](NC(=O)c2ccc(F)c(Cl)c2)C1. The van der Waals surface area contributed by atoms with Crippen molar-refractivity contribution in [3.05, 3.63) is 51.6 Å². The highest BCUT2D eigenvalue weighted by molar-refractivity contribution is 6.31. The van der Waals surface area contributed by atoms with E-state index in [0.717, 1.165) is 43.1 Å². The van der Waals surface area contributed by atoms with Crippen LogP contribution in [0.5, 0.6) is 0 Å². The van der Waals surface area contributed by atoms with Crippen LogP contribution in [0.3, 0.4) is 0 Å². The van der Waals surface area contributed by atoms with Crippen molar-refractivity contribution in [2.75, 3.05) is 13.1 Å². The van der Waals surface area contributed by atoms with Crippen LogP contribution in [-0.4, -0.2) is 35.1 Å². The molecule has 2 aromatic rings. The Morgan fingerprint density at radius 3 is 2.96 bits per heavy atom. The lowest BCUT2D eigenvalue weighted by Gasteiger charge is -2.16. The Morgan fingerprint density at radius 1 is 1.50 bits per heavy atom. The number of likely N-dealkylation sites (tertiary alicyclic amines) is 1. The normalized spacial score (nSPS) is 18.1. The van der Waals surface area contributed by atoms with E-state index in [1.807, 2.05) is 13.8 Å². The molecule has 1 aliphatic heterocycles. The molecule has 0 unspecified atom stereocenters. The van der Waals surface area contributed by atoms with Gasteiger partial charge in [-0.25, -0.2) is 4.39 Å². The van der Waals surface area contributed by atoms with E-state index in [0.29, 0.717) is 5.56 Å². The third-order valence-electron chi connectivity index (χ3n) is 4.35. The molecule has 1 fully saturated rings. The molecule has 0 radical (unpaired) electrons. The summed E-state index contributed by atoms with van der Waals surface area (Å²) in [7, 11) is 0. The first-order valence-electron chi connectivity index (χ1n) is 7.84. The van der Waals surface area contributed by atoms with Gasteiger partial charge in [0, 0.05) is 36.8 Å². The largest absolute Gasteiger partial charge is 0.361 e. The molecule has 1 atom stereocenters. The van der Waals surface area contributed by atoms with E-state index in [-0.39, 0.29) is 17.0 Å². The molecule has 24 heavy (non-hydrogen) atoms. The third-order valence-corrected chi connectivity index (χ3v) is 4.64. The van der Waals surface area contributed by atoms with Gasteiger partial charge in [0.05, 0.1) is 10.7 Å². The molecule has 5 nitrogen and oxygen atoms in total. The summed E-state index contributed by atoms with van der Waals surface area (Å²) >= 11 is 5.73. The molecule has 1 aliphatic rings. The lowest BCUT2D eigenvalue weighted by molar-refractivity contribution is 0.0937. The molecule has 1 aromatic carbocycles. The Morgan fingerprint density at radius 2 is 2.29 bits per heavy atom. The van der Waals surface area contributed by atoms with Crippen molar-refractivity contribution in [2.24, 2.45) is 0 Å². The molecule has 0 spiro atoms. The molecule has 1 saturated heterocycles.